The SMILES string of the molecule is CCCCCCCCCCCCC[SiH2]I. The molecule has 0 aliphatic heterocycles. The highest BCUT2D eigenvalue weighted by Gasteiger charge is 1.92. The van der Waals surface area contributed by atoms with Crippen molar-refractivity contribution < 1.29 is 0 Å². The zero-order valence-corrected chi connectivity index (χ0v) is 14.1. The van der Waals surface area contributed by atoms with Gasteiger partial charge in [-0.25, -0.2) is 0 Å². The van der Waals surface area contributed by atoms with E-state index in [1.807, 2.05) is 0 Å². The van der Waals surface area contributed by atoms with Gasteiger partial charge in [-0.05, 0) is 0 Å². The van der Waals surface area contributed by atoms with E-state index in [1.54, 1.807) is 6.04 Å². The van der Waals surface area contributed by atoms with Crippen molar-refractivity contribution in [3.05, 3.63) is 0 Å². The molecule has 0 fully saturated rings. The van der Waals surface area contributed by atoms with Gasteiger partial charge < -0.3 is 0 Å². The molecule has 2 heteroatoms. The Kier molecular flexibility index (Phi) is 15.9. The lowest BCUT2D eigenvalue weighted by Crippen LogP contribution is -1.83. The Labute approximate surface area is 112 Å². The predicted molar refractivity (Wildman–Crippen MR) is 83.8 cm³/mol. The fraction of sp³-hybridized carbons (Fsp3) is 1.00. The lowest BCUT2D eigenvalue weighted by atomic mass is 10.1. The molecular formula is C13H29ISi. The van der Waals surface area contributed by atoms with Gasteiger partial charge in [0.1, 0.15) is 0 Å². The van der Waals surface area contributed by atoms with Crippen molar-refractivity contribution >= 4 is 28.8 Å². The number of unbranched alkanes of at least 4 members (excludes halogenated alkanes) is 10. The second-order valence-corrected chi connectivity index (χ2v) is 8.90. The molecule has 0 unspecified atom stereocenters. The lowest BCUT2D eigenvalue weighted by Gasteiger charge is -2.01. The Hall–Kier alpha value is 0.947. The summed E-state index contributed by atoms with van der Waals surface area (Å²) in [5.41, 5.74) is 0. The van der Waals surface area contributed by atoms with E-state index >= 15 is 0 Å². The molecule has 0 aliphatic rings. The first-order valence-electron chi connectivity index (χ1n) is 6.97. The van der Waals surface area contributed by atoms with E-state index in [9.17, 15) is 0 Å². The van der Waals surface area contributed by atoms with E-state index in [4.69, 9.17) is 0 Å². The van der Waals surface area contributed by atoms with Crippen LogP contribution in [0.4, 0.5) is 0 Å². The van der Waals surface area contributed by atoms with E-state index in [0.29, 0.717) is 7.02 Å². The standard InChI is InChI=1S/C13H29ISi/c1-2-3-4-5-6-7-8-9-10-11-12-13-15-14/h2-13,15H2,1H3. The molecule has 0 aromatic heterocycles. The second kappa shape index (κ2) is 14.9. The third kappa shape index (κ3) is 14.9. The van der Waals surface area contributed by atoms with Crippen molar-refractivity contribution in [3.8, 4) is 0 Å². The van der Waals surface area contributed by atoms with Crippen LogP contribution < -0.4 is 0 Å². The Balaban J connectivity index is 2.81. The van der Waals surface area contributed by atoms with E-state index in [1.165, 1.54) is 70.6 Å². The first-order valence-corrected chi connectivity index (χ1v) is 13.1. The molecule has 0 amide bonds. The first kappa shape index (κ1) is 15.9. The highest BCUT2D eigenvalue weighted by atomic mass is 127. The van der Waals surface area contributed by atoms with Gasteiger partial charge in [0.25, 0.3) is 0 Å². The van der Waals surface area contributed by atoms with Crippen LogP contribution in [0.3, 0.4) is 0 Å². The van der Waals surface area contributed by atoms with Crippen LogP contribution in [0.15, 0.2) is 0 Å². The molecule has 0 spiro atoms. The van der Waals surface area contributed by atoms with E-state index in [2.05, 4.69) is 28.7 Å². The van der Waals surface area contributed by atoms with Crippen LogP contribution in [0.1, 0.15) is 77.6 Å². The number of hydrogen-bond acceptors (Lipinski definition) is 0. The summed E-state index contributed by atoms with van der Waals surface area (Å²) in [7, 11) is 0.328. The van der Waals surface area contributed by atoms with E-state index in [0.717, 1.165) is 0 Å². The third-order valence-electron chi connectivity index (χ3n) is 2.99. The van der Waals surface area contributed by atoms with Gasteiger partial charge >= 0.3 is 0 Å². The fourth-order valence-corrected chi connectivity index (χ4v) is 4.10. The molecule has 0 heterocycles. The lowest BCUT2D eigenvalue weighted by molar-refractivity contribution is 0.554. The average Bonchev–Trinajstić information content (AvgIpc) is 2.26. The zero-order chi connectivity index (χ0) is 11.2. The van der Waals surface area contributed by atoms with Gasteiger partial charge in [-0.2, -0.15) is 0 Å². The molecule has 0 aliphatic carbocycles. The first-order chi connectivity index (χ1) is 7.41. The maximum absolute atomic E-state index is 2.62. The van der Waals surface area contributed by atoms with Crippen LogP contribution in [0.25, 0.3) is 0 Å². The molecular weight excluding hydrogens is 311 g/mol. The summed E-state index contributed by atoms with van der Waals surface area (Å²) in [5, 5.41) is 0. The highest BCUT2D eigenvalue weighted by Crippen LogP contribution is 2.12. The summed E-state index contributed by atoms with van der Waals surface area (Å²) in [6, 6.07) is 1.57. The summed E-state index contributed by atoms with van der Waals surface area (Å²) in [4.78, 5) is 0. The van der Waals surface area contributed by atoms with Gasteiger partial charge in [0.15, 0.2) is 0 Å². The van der Waals surface area contributed by atoms with Crippen molar-refractivity contribution in [1.29, 1.82) is 0 Å². The largest absolute Gasteiger partial charge is 0.128 e. The van der Waals surface area contributed by atoms with Gasteiger partial charge in [-0.1, -0.05) is 83.6 Å². The minimum absolute atomic E-state index is 0.328. The summed E-state index contributed by atoms with van der Waals surface area (Å²) in [5.74, 6) is 0. The van der Waals surface area contributed by atoms with Crippen LogP contribution in [0, 0.1) is 0 Å². The Morgan fingerprint density at radius 1 is 0.667 bits per heavy atom. The summed E-state index contributed by atoms with van der Waals surface area (Å²) in [6.07, 6.45) is 16.3. The fourth-order valence-electron chi connectivity index (χ4n) is 1.94. The molecule has 0 bridgehead atoms. The quantitative estimate of drug-likeness (QED) is 0.197. The van der Waals surface area contributed by atoms with Crippen molar-refractivity contribution in [2.75, 3.05) is 0 Å². The molecule has 0 N–H and O–H groups in total. The van der Waals surface area contributed by atoms with Gasteiger partial charge in [0.2, 0.25) is 0 Å². The maximum Gasteiger partial charge on any atom is 0.0938 e. The highest BCUT2D eigenvalue weighted by molar-refractivity contribution is 14.1. The molecule has 92 valence electrons. The summed E-state index contributed by atoms with van der Waals surface area (Å²) in [6.45, 7) is 2.29. The minimum atomic E-state index is 0.328. The van der Waals surface area contributed by atoms with Gasteiger partial charge in [0.05, 0.1) is 7.02 Å². The second-order valence-electron chi connectivity index (χ2n) is 4.58. The predicted octanol–water partition coefficient (Wildman–Crippen LogP) is 5.23. The van der Waals surface area contributed by atoms with Crippen LogP contribution >= 0.6 is 21.8 Å². The normalized spacial score (nSPS) is 11.6. The molecule has 0 atom stereocenters. The van der Waals surface area contributed by atoms with Crippen molar-refractivity contribution in [3.63, 3.8) is 0 Å². The molecule has 0 nitrogen and oxygen atoms in total. The van der Waals surface area contributed by atoms with Gasteiger partial charge in [-0.15, -0.1) is 21.8 Å². The molecule has 0 rings (SSSR count). The number of rotatable bonds is 12. The van der Waals surface area contributed by atoms with Gasteiger partial charge in [0, 0.05) is 0 Å². The van der Waals surface area contributed by atoms with Crippen molar-refractivity contribution in [2.45, 2.75) is 83.6 Å². The molecule has 0 saturated heterocycles. The van der Waals surface area contributed by atoms with Gasteiger partial charge in [-0.3, -0.25) is 0 Å². The Bertz CT molecular complexity index is 94.7. The summed E-state index contributed by atoms with van der Waals surface area (Å²) >= 11 is 2.62. The monoisotopic (exact) mass is 340 g/mol. The molecule has 0 saturated carbocycles. The topological polar surface area (TPSA) is 0 Å². The molecule has 0 aromatic carbocycles. The van der Waals surface area contributed by atoms with Crippen molar-refractivity contribution in [2.24, 2.45) is 0 Å². The third-order valence-corrected chi connectivity index (χ3v) is 6.04. The Morgan fingerprint density at radius 3 is 1.47 bits per heavy atom. The van der Waals surface area contributed by atoms with E-state index < -0.39 is 0 Å². The maximum atomic E-state index is 2.62. The molecule has 0 aromatic rings. The van der Waals surface area contributed by atoms with Crippen molar-refractivity contribution in [1.82, 2.24) is 0 Å². The molecule has 15 heavy (non-hydrogen) atoms. The smallest absolute Gasteiger partial charge is 0.0938 e. The van der Waals surface area contributed by atoms with Crippen LogP contribution in [0.2, 0.25) is 6.04 Å². The van der Waals surface area contributed by atoms with Crippen LogP contribution in [0.5, 0.6) is 0 Å². The molecule has 0 radical (unpaired) electrons. The van der Waals surface area contributed by atoms with Crippen LogP contribution in [-0.4, -0.2) is 7.02 Å². The Morgan fingerprint density at radius 2 is 1.07 bits per heavy atom. The summed E-state index contributed by atoms with van der Waals surface area (Å²) < 4.78 is 0. The zero-order valence-electron chi connectivity index (χ0n) is 10.6. The van der Waals surface area contributed by atoms with Crippen LogP contribution in [-0.2, 0) is 0 Å². The average molecular weight is 340 g/mol. The number of hydrogen-bond donors (Lipinski definition) is 0. The number of halogens is 1. The minimum Gasteiger partial charge on any atom is -0.128 e. The van der Waals surface area contributed by atoms with E-state index in [-0.39, 0.29) is 0 Å².